The highest BCUT2D eigenvalue weighted by Gasteiger charge is 2.13. The molecule has 0 unspecified atom stereocenters. The van der Waals surface area contributed by atoms with Gasteiger partial charge in [0.05, 0.1) is 16.1 Å². The van der Waals surface area contributed by atoms with Crippen LogP contribution in [0, 0.1) is 0 Å². The molecule has 0 saturated heterocycles. The van der Waals surface area contributed by atoms with E-state index in [1.165, 1.54) is 11.3 Å². The molecule has 0 bridgehead atoms. The topological polar surface area (TPSA) is 30.0 Å². The summed E-state index contributed by atoms with van der Waals surface area (Å²) in [4.78, 5) is 18.1. The summed E-state index contributed by atoms with van der Waals surface area (Å²) in [6, 6.07) is 23.9. The number of rotatable bonds is 4. The second-order valence-electron chi connectivity index (χ2n) is 5.63. The molecule has 116 valence electrons. The third kappa shape index (κ3) is 2.86. The van der Waals surface area contributed by atoms with Gasteiger partial charge in [-0.3, -0.25) is 4.79 Å². The monoisotopic (exact) mass is 329 g/mol. The molecule has 2 heterocycles. The SMILES string of the molecule is O=C(Cc1cc(-c2ccccc2)nc2ccccc12)c1cccs1. The first-order valence-corrected chi connectivity index (χ1v) is 8.70. The Morgan fingerprint density at radius 3 is 2.50 bits per heavy atom. The first kappa shape index (κ1) is 14.8. The van der Waals surface area contributed by atoms with E-state index in [2.05, 4.69) is 0 Å². The van der Waals surface area contributed by atoms with E-state index in [-0.39, 0.29) is 5.78 Å². The number of pyridine rings is 1. The number of benzene rings is 2. The predicted octanol–water partition coefficient (Wildman–Crippen LogP) is 5.39. The number of hydrogen-bond acceptors (Lipinski definition) is 3. The molecule has 2 aromatic heterocycles. The summed E-state index contributed by atoms with van der Waals surface area (Å²) in [5, 5.41) is 2.98. The second kappa shape index (κ2) is 6.38. The Balaban J connectivity index is 1.82. The van der Waals surface area contributed by atoms with Crippen molar-refractivity contribution in [3.8, 4) is 11.3 Å². The number of thiophene rings is 1. The number of Topliss-reactive ketones (excluding diaryl/α,β-unsaturated/α-hetero) is 1. The van der Waals surface area contributed by atoms with Crippen LogP contribution in [0.1, 0.15) is 15.2 Å². The summed E-state index contributed by atoms with van der Waals surface area (Å²) in [6.45, 7) is 0. The lowest BCUT2D eigenvalue weighted by atomic mass is 10.00. The van der Waals surface area contributed by atoms with Crippen LogP contribution in [0.5, 0.6) is 0 Å². The quantitative estimate of drug-likeness (QED) is 0.470. The number of carbonyl (C=O) groups is 1. The molecular formula is C21H15NOS. The summed E-state index contributed by atoms with van der Waals surface area (Å²) in [7, 11) is 0. The fraction of sp³-hybridized carbons (Fsp3) is 0.0476. The Morgan fingerprint density at radius 1 is 0.917 bits per heavy atom. The van der Waals surface area contributed by atoms with E-state index in [4.69, 9.17) is 4.98 Å². The summed E-state index contributed by atoms with van der Waals surface area (Å²) >= 11 is 1.49. The minimum Gasteiger partial charge on any atom is -0.293 e. The first-order valence-electron chi connectivity index (χ1n) is 7.82. The van der Waals surface area contributed by atoms with Gasteiger partial charge in [0.1, 0.15) is 0 Å². The van der Waals surface area contributed by atoms with Crippen LogP contribution in [0.25, 0.3) is 22.2 Å². The van der Waals surface area contributed by atoms with E-state index in [0.717, 1.165) is 32.6 Å². The number of ketones is 1. The van der Waals surface area contributed by atoms with Crippen LogP contribution in [0.4, 0.5) is 0 Å². The van der Waals surface area contributed by atoms with Gasteiger partial charge in [0.2, 0.25) is 0 Å². The molecule has 0 N–H and O–H groups in total. The molecule has 2 nitrogen and oxygen atoms in total. The van der Waals surface area contributed by atoms with Gasteiger partial charge < -0.3 is 0 Å². The van der Waals surface area contributed by atoms with Gasteiger partial charge in [0.15, 0.2) is 5.78 Å². The fourth-order valence-corrected chi connectivity index (χ4v) is 3.51. The summed E-state index contributed by atoms with van der Waals surface area (Å²) in [5.41, 5.74) is 3.92. The largest absolute Gasteiger partial charge is 0.293 e. The molecule has 4 aromatic rings. The van der Waals surface area contributed by atoms with Crippen molar-refractivity contribution in [1.29, 1.82) is 0 Å². The summed E-state index contributed by atoms with van der Waals surface area (Å²) < 4.78 is 0. The molecule has 0 aliphatic heterocycles. The zero-order valence-corrected chi connectivity index (χ0v) is 13.8. The molecule has 0 spiro atoms. The summed E-state index contributed by atoms with van der Waals surface area (Å²) in [6.07, 6.45) is 0.392. The lowest BCUT2D eigenvalue weighted by Gasteiger charge is -2.09. The number of hydrogen-bond donors (Lipinski definition) is 0. The molecular weight excluding hydrogens is 314 g/mol. The van der Waals surface area contributed by atoms with Gasteiger partial charge in [0.25, 0.3) is 0 Å². The van der Waals surface area contributed by atoms with Crippen molar-refractivity contribution in [3.63, 3.8) is 0 Å². The molecule has 0 aliphatic carbocycles. The maximum atomic E-state index is 12.6. The minimum absolute atomic E-state index is 0.153. The van der Waals surface area contributed by atoms with Crippen molar-refractivity contribution in [3.05, 3.63) is 88.6 Å². The number of aromatic nitrogens is 1. The molecule has 4 rings (SSSR count). The molecule has 0 atom stereocenters. The molecule has 0 saturated carbocycles. The number of nitrogens with zero attached hydrogens (tertiary/aromatic N) is 1. The number of fused-ring (bicyclic) bond motifs is 1. The molecule has 24 heavy (non-hydrogen) atoms. The van der Waals surface area contributed by atoms with E-state index >= 15 is 0 Å². The lowest BCUT2D eigenvalue weighted by molar-refractivity contribution is 0.0997. The Hall–Kier alpha value is -2.78. The number of para-hydroxylation sites is 1. The van der Waals surface area contributed by atoms with Crippen molar-refractivity contribution >= 4 is 28.0 Å². The van der Waals surface area contributed by atoms with Crippen LogP contribution in [0.15, 0.2) is 78.2 Å². The Bertz CT molecular complexity index is 991. The van der Waals surface area contributed by atoms with Crippen LogP contribution in [-0.4, -0.2) is 10.8 Å². The van der Waals surface area contributed by atoms with Crippen LogP contribution in [0.2, 0.25) is 0 Å². The predicted molar refractivity (Wildman–Crippen MR) is 99.5 cm³/mol. The van der Waals surface area contributed by atoms with Gasteiger partial charge in [-0.2, -0.15) is 0 Å². The van der Waals surface area contributed by atoms with Gasteiger partial charge >= 0.3 is 0 Å². The smallest absolute Gasteiger partial charge is 0.177 e. The van der Waals surface area contributed by atoms with E-state index in [1.54, 1.807) is 0 Å². The third-order valence-electron chi connectivity index (χ3n) is 4.02. The Labute approximate surface area is 144 Å². The van der Waals surface area contributed by atoms with Gasteiger partial charge in [0, 0.05) is 17.4 Å². The van der Waals surface area contributed by atoms with E-state index < -0.39 is 0 Å². The highest BCUT2D eigenvalue weighted by molar-refractivity contribution is 7.12. The maximum Gasteiger partial charge on any atom is 0.177 e. The van der Waals surface area contributed by atoms with Gasteiger partial charge in [-0.15, -0.1) is 11.3 Å². The third-order valence-corrected chi connectivity index (χ3v) is 4.93. The normalized spacial score (nSPS) is 10.8. The van der Waals surface area contributed by atoms with Crippen molar-refractivity contribution < 1.29 is 4.79 Å². The minimum atomic E-state index is 0.153. The standard InChI is InChI=1S/C21H15NOS/c23-20(21-11-6-12-24-21)14-16-13-19(15-7-2-1-3-8-15)22-18-10-5-4-9-17(16)18/h1-13H,14H2. The van der Waals surface area contributed by atoms with E-state index in [9.17, 15) is 4.79 Å². The highest BCUT2D eigenvalue weighted by atomic mass is 32.1. The van der Waals surface area contributed by atoms with Gasteiger partial charge in [-0.1, -0.05) is 54.6 Å². The van der Waals surface area contributed by atoms with Crippen molar-refractivity contribution in [2.24, 2.45) is 0 Å². The number of carbonyl (C=O) groups excluding carboxylic acids is 1. The van der Waals surface area contributed by atoms with Crippen LogP contribution >= 0.6 is 11.3 Å². The van der Waals surface area contributed by atoms with E-state index in [1.807, 2.05) is 78.2 Å². The lowest BCUT2D eigenvalue weighted by Crippen LogP contribution is -2.03. The average molecular weight is 329 g/mol. The van der Waals surface area contributed by atoms with Gasteiger partial charge in [-0.05, 0) is 29.1 Å². The Morgan fingerprint density at radius 2 is 1.71 bits per heavy atom. The zero-order chi connectivity index (χ0) is 16.4. The molecule has 2 aromatic carbocycles. The molecule has 0 radical (unpaired) electrons. The van der Waals surface area contributed by atoms with Crippen molar-refractivity contribution in [1.82, 2.24) is 4.98 Å². The molecule has 0 aliphatic rings. The first-order chi connectivity index (χ1) is 11.8. The average Bonchev–Trinajstić information content (AvgIpc) is 3.17. The van der Waals surface area contributed by atoms with Crippen molar-refractivity contribution in [2.75, 3.05) is 0 Å². The molecule has 3 heteroatoms. The van der Waals surface area contributed by atoms with E-state index in [0.29, 0.717) is 6.42 Å². The van der Waals surface area contributed by atoms with Crippen LogP contribution in [-0.2, 0) is 6.42 Å². The zero-order valence-electron chi connectivity index (χ0n) is 13.0. The molecule has 0 amide bonds. The fourth-order valence-electron chi connectivity index (χ4n) is 2.85. The van der Waals surface area contributed by atoms with Crippen LogP contribution in [0.3, 0.4) is 0 Å². The second-order valence-corrected chi connectivity index (χ2v) is 6.57. The Kier molecular flexibility index (Phi) is 3.93. The molecule has 0 fully saturated rings. The maximum absolute atomic E-state index is 12.6. The summed E-state index contributed by atoms with van der Waals surface area (Å²) in [5.74, 6) is 0.153. The van der Waals surface area contributed by atoms with Crippen LogP contribution < -0.4 is 0 Å². The van der Waals surface area contributed by atoms with Crippen molar-refractivity contribution in [2.45, 2.75) is 6.42 Å². The van der Waals surface area contributed by atoms with Gasteiger partial charge in [-0.25, -0.2) is 4.98 Å². The highest BCUT2D eigenvalue weighted by Crippen LogP contribution is 2.26.